The van der Waals surface area contributed by atoms with E-state index in [9.17, 15) is 44.6 Å². The van der Waals surface area contributed by atoms with Crippen LogP contribution in [0.4, 0.5) is 0 Å². The lowest BCUT2D eigenvalue weighted by molar-refractivity contribution is -0.220. The van der Waals surface area contributed by atoms with Crippen LogP contribution in [0.3, 0.4) is 0 Å². The topological polar surface area (TPSA) is 210 Å². The number of carbonyl (C=O) groups excluding carboxylic acids is 2. The summed E-state index contributed by atoms with van der Waals surface area (Å²) in [7, 11) is -5.14. The lowest BCUT2D eigenvalue weighted by Gasteiger charge is -2.41. The zero-order valence-corrected chi connectivity index (χ0v) is 40.7. The van der Waals surface area contributed by atoms with Crippen molar-refractivity contribution < 1.29 is 63.1 Å². The summed E-state index contributed by atoms with van der Waals surface area (Å²) in [6.07, 6.45) is 38.2. The molecule has 0 heterocycles. The summed E-state index contributed by atoms with van der Waals surface area (Å²) in [5.41, 5.74) is 0. The van der Waals surface area contributed by atoms with Crippen molar-refractivity contribution in [1.82, 2.24) is 0 Å². The lowest BCUT2D eigenvalue weighted by Crippen LogP contribution is -2.64. The molecule has 13 nitrogen and oxygen atoms in total. The molecule has 0 aliphatic heterocycles. The number of allylic oxidation sites excluding steroid dienone is 12. The molecule has 0 bridgehead atoms. The van der Waals surface area contributed by atoms with Gasteiger partial charge in [0.15, 0.2) is 6.10 Å². The Hall–Kier alpha value is -2.71. The summed E-state index contributed by atoms with van der Waals surface area (Å²) < 4.78 is 33.5. The monoisotopic (exact) mass is 939 g/mol. The minimum absolute atomic E-state index is 0.0640. The van der Waals surface area contributed by atoms with Gasteiger partial charge in [0.1, 0.15) is 43.2 Å². The van der Waals surface area contributed by atoms with Crippen LogP contribution in [-0.4, -0.2) is 98.3 Å². The van der Waals surface area contributed by atoms with Gasteiger partial charge in [-0.25, -0.2) is 4.57 Å². The van der Waals surface area contributed by atoms with Crippen LogP contribution in [-0.2, 0) is 32.7 Å². The van der Waals surface area contributed by atoms with Crippen LogP contribution in [0.25, 0.3) is 0 Å². The van der Waals surface area contributed by atoms with Crippen molar-refractivity contribution in [3.8, 4) is 0 Å². The molecule has 1 aliphatic rings. The second-order valence-electron chi connectivity index (χ2n) is 17.0. The highest BCUT2D eigenvalue weighted by atomic mass is 31.2. The largest absolute Gasteiger partial charge is 0.472 e. The molecule has 65 heavy (non-hydrogen) atoms. The SMILES string of the molecule is CCCCCC/C=C/C=C/CCCCCCCC(=O)O[C@@H](COC(=O)CCC/C=C/C/C=C/C/C=C/C/C=C/CCCCCCCCC)COP(=O)(O)OC1C(O)C(O)C(O)[C@H](O)C1O. The molecule has 14 heteroatoms. The Morgan fingerprint density at radius 1 is 0.492 bits per heavy atom. The average Bonchev–Trinajstić information content (AvgIpc) is 3.29. The van der Waals surface area contributed by atoms with Crippen LogP contribution in [0.1, 0.15) is 181 Å². The number of carbonyl (C=O) groups is 2. The molecule has 1 saturated carbocycles. The highest BCUT2D eigenvalue weighted by Gasteiger charge is 2.51. The molecule has 0 aromatic carbocycles. The Bertz CT molecular complexity index is 1410. The third-order valence-corrected chi connectivity index (χ3v) is 12.0. The smallest absolute Gasteiger partial charge is 0.462 e. The third kappa shape index (κ3) is 32.6. The molecule has 6 unspecified atom stereocenters. The van der Waals surface area contributed by atoms with E-state index in [0.717, 1.165) is 64.2 Å². The van der Waals surface area contributed by atoms with Gasteiger partial charge in [0.2, 0.25) is 0 Å². The van der Waals surface area contributed by atoms with Gasteiger partial charge in [0, 0.05) is 12.8 Å². The van der Waals surface area contributed by atoms with Crippen LogP contribution in [0, 0.1) is 0 Å². The van der Waals surface area contributed by atoms with Crippen molar-refractivity contribution in [3.63, 3.8) is 0 Å². The molecule has 374 valence electrons. The minimum atomic E-state index is -5.14. The van der Waals surface area contributed by atoms with Gasteiger partial charge in [-0.15, -0.1) is 0 Å². The minimum Gasteiger partial charge on any atom is -0.462 e. The molecule has 0 amide bonds. The van der Waals surface area contributed by atoms with Gasteiger partial charge in [0.05, 0.1) is 6.61 Å². The normalized spacial score (nSPS) is 22.0. The highest BCUT2D eigenvalue weighted by molar-refractivity contribution is 7.47. The first-order valence-electron chi connectivity index (χ1n) is 24.8. The third-order valence-electron chi connectivity index (χ3n) is 11.0. The number of esters is 2. The zero-order valence-electron chi connectivity index (χ0n) is 39.8. The molecule has 1 aliphatic carbocycles. The fraction of sp³-hybridized carbons (Fsp3) is 0.725. The van der Waals surface area contributed by atoms with Crippen LogP contribution in [0.2, 0.25) is 0 Å². The summed E-state index contributed by atoms with van der Waals surface area (Å²) in [5, 5.41) is 50.2. The molecule has 0 spiro atoms. The maximum Gasteiger partial charge on any atom is 0.472 e. The molecule has 8 atom stereocenters. The van der Waals surface area contributed by atoms with Gasteiger partial charge in [-0.3, -0.25) is 18.6 Å². The van der Waals surface area contributed by atoms with E-state index < -0.39 is 75.7 Å². The van der Waals surface area contributed by atoms with Gasteiger partial charge >= 0.3 is 19.8 Å². The van der Waals surface area contributed by atoms with E-state index in [4.69, 9.17) is 18.5 Å². The lowest BCUT2D eigenvalue weighted by atomic mass is 9.85. The number of hydrogen-bond donors (Lipinski definition) is 6. The summed E-state index contributed by atoms with van der Waals surface area (Å²) >= 11 is 0. The number of aliphatic hydroxyl groups excluding tert-OH is 5. The molecule has 6 N–H and O–H groups in total. The molecule has 0 aromatic heterocycles. The second-order valence-corrected chi connectivity index (χ2v) is 18.4. The number of phosphoric acid groups is 1. The zero-order chi connectivity index (χ0) is 47.8. The molecule has 1 fully saturated rings. The predicted octanol–water partition coefficient (Wildman–Crippen LogP) is 10.3. The number of ether oxygens (including phenoxy) is 2. The van der Waals surface area contributed by atoms with Gasteiger partial charge in [-0.05, 0) is 77.0 Å². The number of phosphoric ester groups is 1. The molecule has 1 rings (SSSR count). The Labute approximate surface area is 391 Å². The van der Waals surface area contributed by atoms with Crippen molar-refractivity contribution in [2.75, 3.05) is 13.2 Å². The van der Waals surface area contributed by atoms with E-state index in [1.807, 2.05) is 12.2 Å². The van der Waals surface area contributed by atoms with Gasteiger partial charge in [0.25, 0.3) is 0 Å². The van der Waals surface area contributed by atoms with Crippen molar-refractivity contribution in [2.24, 2.45) is 0 Å². The van der Waals surface area contributed by atoms with E-state index in [-0.39, 0.29) is 12.8 Å². The fourth-order valence-corrected chi connectivity index (χ4v) is 8.01. The maximum absolute atomic E-state index is 12.8. The number of unbranched alkanes of at least 4 members (excludes halogenated alkanes) is 17. The Kier molecular flexibility index (Phi) is 37.5. The van der Waals surface area contributed by atoms with Crippen molar-refractivity contribution >= 4 is 19.8 Å². The van der Waals surface area contributed by atoms with Gasteiger partial charge < -0.3 is 39.9 Å². The Morgan fingerprint density at radius 2 is 0.892 bits per heavy atom. The second kappa shape index (κ2) is 40.4. The van der Waals surface area contributed by atoms with Crippen molar-refractivity contribution in [3.05, 3.63) is 72.9 Å². The van der Waals surface area contributed by atoms with Gasteiger partial charge in [-0.1, -0.05) is 164 Å². The quantitative estimate of drug-likeness (QED) is 0.0111. The van der Waals surface area contributed by atoms with E-state index >= 15 is 0 Å². The van der Waals surface area contributed by atoms with Crippen LogP contribution in [0.15, 0.2) is 72.9 Å². The predicted molar refractivity (Wildman–Crippen MR) is 258 cm³/mol. The Balaban J connectivity index is 2.48. The van der Waals surface area contributed by atoms with Gasteiger partial charge in [-0.2, -0.15) is 0 Å². The van der Waals surface area contributed by atoms with Crippen LogP contribution < -0.4 is 0 Å². The first-order valence-corrected chi connectivity index (χ1v) is 26.3. The number of rotatable bonds is 40. The first kappa shape index (κ1) is 60.3. The van der Waals surface area contributed by atoms with Crippen molar-refractivity contribution in [1.29, 1.82) is 0 Å². The molecular formula is C51H87O13P. The summed E-state index contributed by atoms with van der Waals surface area (Å²) in [5.74, 6) is -1.19. The standard InChI is InChI=1S/C51H87O13P/c1-3-5-7-9-11-13-15-17-19-20-21-22-23-24-26-27-29-31-33-35-37-39-44(52)61-41-43(42-62-65(59,60)64-51-49(57)47(55)46(54)48(56)50(51)58)63-45(53)40-38-36-34-32-30-28-25-18-16-14-12-10-8-6-4-2/h14,16,18-20,22-23,25-27,31,33,43,46-51,54-58H,3-13,15,17,21,24,28-30,32,34-42H2,1-2H3,(H,59,60)/b16-14+,20-19+,23-22+,25-18+,27-26+,33-31+/t43-,46?,47-,48?,49?,50?,51?/m0/s1. The molecular weight excluding hydrogens is 852 g/mol. The Morgan fingerprint density at radius 3 is 1.42 bits per heavy atom. The average molecular weight is 939 g/mol. The maximum atomic E-state index is 12.8. The summed E-state index contributed by atoms with van der Waals surface area (Å²) in [6.45, 7) is 3.22. The highest BCUT2D eigenvalue weighted by Crippen LogP contribution is 2.47. The van der Waals surface area contributed by atoms with Crippen molar-refractivity contribution in [2.45, 2.75) is 224 Å². The van der Waals surface area contributed by atoms with E-state index in [1.165, 1.54) is 70.6 Å². The summed E-state index contributed by atoms with van der Waals surface area (Å²) in [6, 6.07) is 0. The first-order chi connectivity index (χ1) is 31.4. The number of aliphatic hydroxyl groups is 5. The molecule has 0 radical (unpaired) electrons. The fourth-order valence-electron chi connectivity index (χ4n) is 7.03. The molecule has 0 aromatic rings. The van der Waals surface area contributed by atoms with E-state index in [1.54, 1.807) is 0 Å². The molecule has 0 saturated heterocycles. The van der Waals surface area contributed by atoms with E-state index in [2.05, 4.69) is 74.6 Å². The number of hydrogen-bond acceptors (Lipinski definition) is 12. The summed E-state index contributed by atoms with van der Waals surface area (Å²) in [4.78, 5) is 35.7. The van der Waals surface area contributed by atoms with Crippen LogP contribution in [0.5, 0.6) is 0 Å². The van der Waals surface area contributed by atoms with E-state index in [0.29, 0.717) is 19.3 Å². The van der Waals surface area contributed by atoms with Crippen LogP contribution >= 0.6 is 7.82 Å².